The lowest BCUT2D eigenvalue weighted by atomic mass is 9.76. The molecule has 1 aromatic heterocycles. The van der Waals surface area contributed by atoms with E-state index in [9.17, 15) is 4.21 Å². The number of nitrogens with two attached hydrogens (primary N) is 1. The Morgan fingerprint density at radius 3 is 2.78 bits per heavy atom. The highest BCUT2D eigenvalue weighted by molar-refractivity contribution is 9.10. The minimum Gasteiger partial charge on any atom is -0.492 e. The summed E-state index contributed by atoms with van der Waals surface area (Å²) < 4.78 is 22.9. The molecule has 1 atom stereocenters. The van der Waals surface area contributed by atoms with Crippen LogP contribution in [-0.2, 0) is 11.0 Å². The lowest BCUT2D eigenvalue weighted by molar-refractivity contribution is 0.115. The number of hydrogen-bond donors (Lipinski definition) is 2. The number of aromatic nitrogens is 1. The summed E-state index contributed by atoms with van der Waals surface area (Å²) in [5.41, 5.74) is 6.09. The van der Waals surface area contributed by atoms with E-state index in [0.29, 0.717) is 16.8 Å². The summed E-state index contributed by atoms with van der Waals surface area (Å²) in [5, 5.41) is 8.06. The zero-order valence-electron chi connectivity index (χ0n) is 13.5. The molecular formula is C15H23BrN4O2S. The minimum atomic E-state index is -1.42. The van der Waals surface area contributed by atoms with Crippen molar-refractivity contribution in [1.82, 2.24) is 4.57 Å². The van der Waals surface area contributed by atoms with Crippen molar-refractivity contribution in [1.29, 1.82) is 5.41 Å². The first-order valence-electron chi connectivity index (χ1n) is 7.58. The van der Waals surface area contributed by atoms with Gasteiger partial charge in [0.2, 0.25) is 5.96 Å². The summed E-state index contributed by atoms with van der Waals surface area (Å²) in [4.78, 5) is 0. The molecule has 0 amide bonds. The highest BCUT2D eigenvalue weighted by atomic mass is 79.9. The molecule has 0 aromatic carbocycles. The summed E-state index contributed by atoms with van der Waals surface area (Å²) in [6.07, 6.45) is 9.20. The first-order valence-corrected chi connectivity index (χ1v) is 9.89. The second-order valence-corrected chi connectivity index (χ2v) is 8.16. The van der Waals surface area contributed by atoms with Gasteiger partial charge < -0.3 is 10.5 Å². The summed E-state index contributed by atoms with van der Waals surface area (Å²) in [5.74, 6) is 0.630. The van der Waals surface area contributed by atoms with Gasteiger partial charge in [0, 0.05) is 23.9 Å². The van der Waals surface area contributed by atoms with Crippen LogP contribution in [0.15, 0.2) is 21.1 Å². The fourth-order valence-corrected chi connectivity index (χ4v) is 3.57. The van der Waals surface area contributed by atoms with Crippen LogP contribution in [0.3, 0.4) is 0 Å². The van der Waals surface area contributed by atoms with Crippen LogP contribution in [0.1, 0.15) is 39.0 Å². The Balaban J connectivity index is 2.17. The largest absolute Gasteiger partial charge is 0.492 e. The molecule has 1 saturated carbocycles. The molecule has 0 spiro atoms. The van der Waals surface area contributed by atoms with Gasteiger partial charge in [-0.15, -0.1) is 0 Å². The van der Waals surface area contributed by atoms with Crippen LogP contribution in [0.5, 0.6) is 5.75 Å². The van der Waals surface area contributed by atoms with Crippen LogP contribution in [-0.4, -0.2) is 27.6 Å². The maximum absolute atomic E-state index is 11.1. The number of nitrogens with zero attached hydrogens (tertiary/aromatic N) is 2. The van der Waals surface area contributed by atoms with Gasteiger partial charge in [-0.2, -0.15) is 4.40 Å². The van der Waals surface area contributed by atoms with Gasteiger partial charge in [0.15, 0.2) is 0 Å². The number of halogens is 1. The summed E-state index contributed by atoms with van der Waals surface area (Å²) in [7, 11) is -1.42. The molecule has 0 aliphatic heterocycles. The lowest BCUT2D eigenvalue weighted by Crippen LogP contribution is -2.33. The van der Waals surface area contributed by atoms with E-state index in [4.69, 9.17) is 15.9 Å². The standard InChI is InChI=1S/C15H23BrN4O2S/c1-15(6-4-3-5-7-15)10-22-12-8-13(17)20(9-11(12)16)14(18)19-23(2)21/h8-9,17H,3-7,10H2,1-2H3,(H2,18,19). The number of hydrogen-bond acceptors (Lipinski definition) is 3. The average Bonchev–Trinajstić information content (AvgIpc) is 2.47. The average molecular weight is 403 g/mol. The first-order chi connectivity index (χ1) is 10.8. The van der Waals surface area contributed by atoms with Crippen molar-refractivity contribution in [3.63, 3.8) is 0 Å². The van der Waals surface area contributed by atoms with E-state index in [0.717, 1.165) is 0 Å². The predicted octanol–water partition coefficient (Wildman–Crippen LogP) is 2.54. The van der Waals surface area contributed by atoms with Crippen molar-refractivity contribution in [2.24, 2.45) is 15.5 Å². The van der Waals surface area contributed by atoms with Crippen molar-refractivity contribution < 1.29 is 8.95 Å². The number of pyridine rings is 1. The molecule has 0 bridgehead atoms. The molecule has 6 nitrogen and oxygen atoms in total. The van der Waals surface area contributed by atoms with E-state index >= 15 is 0 Å². The zero-order valence-corrected chi connectivity index (χ0v) is 15.9. The maximum atomic E-state index is 11.1. The Bertz CT molecular complexity index is 681. The maximum Gasteiger partial charge on any atom is 0.215 e. The molecule has 1 aliphatic rings. The molecule has 1 unspecified atom stereocenters. The first kappa shape index (κ1) is 18.2. The van der Waals surface area contributed by atoms with Crippen molar-refractivity contribution in [2.75, 3.05) is 12.9 Å². The highest BCUT2D eigenvalue weighted by Gasteiger charge is 2.27. The quantitative estimate of drug-likeness (QED) is 0.598. The molecule has 1 fully saturated rings. The van der Waals surface area contributed by atoms with Crippen molar-refractivity contribution in [3.05, 3.63) is 22.2 Å². The number of ether oxygens (including phenoxy) is 1. The Morgan fingerprint density at radius 2 is 2.17 bits per heavy atom. The predicted molar refractivity (Wildman–Crippen MR) is 95.8 cm³/mol. The number of rotatable bonds is 4. The van der Waals surface area contributed by atoms with Gasteiger partial charge in [-0.3, -0.25) is 9.98 Å². The van der Waals surface area contributed by atoms with Crippen molar-refractivity contribution in [3.8, 4) is 5.75 Å². The molecule has 1 heterocycles. The SMILES string of the molecule is CS(=O)/N=C(/N)n1cc(Br)c(OCC2(C)CCCCC2)cc1=N. The Morgan fingerprint density at radius 1 is 1.52 bits per heavy atom. The molecule has 8 heteroatoms. The molecule has 1 aliphatic carbocycles. The van der Waals surface area contributed by atoms with Crippen LogP contribution < -0.4 is 16.0 Å². The van der Waals surface area contributed by atoms with E-state index in [1.807, 2.05) is 0 Å². The van der Waals surface area contributed by atoms with E-state index in [2.05, 4.69) is 27.3 Å². The van der Waals surface area contributed by atoms with Gasteiger partial charge in [-0.1, -0.05) is 26.2 Å². The molecular weight excluding hydrogens is 380 g/mol. The zero-order chi connectivity index (χ0) is 17.0. The minimum absolute atomic E-state index is 0.0160. The molecule has 2 rings (SSSR count). The van der Waals surface area contributed by atoms with E-state index in [-0.39, 0.29) is 16.9 Å². The topological polar surface area (TPSA) is 93.5 Å². The third kappa shape index (κ3) is 4.91. The van der Waals surface area contributed by atoms with Crippen LogP contribution in [0.4, 0.5) is 0 Å². The highest BCUT2D eigenvalue weighted by Crippen LogP contribution is 2.36. The van der Waals surface area contributed by atoms with Crippen LogP contribution >= 0.6 is 15.9 Å². The normalized spacial score (nSPS) is 19.3. The van der Waals surface area contributed by atoms with Gasteiger partial charge in [0.1, 0.15) is 22.2 Å². The van der Waals surface area contributed by atoms with Crippen LogP contribution in [0, 0.1) is 10.8 Å². The molecule has 1 aromatic rings. The van der Waals surface area contributed by atoms with Gasteiger partial charge in [-0.05, 0) is 28.8 Å². The third-order valence-electron chi connectivity index (χ3n) is 4.11. The van der Waals surface area contributed by atoms with Crippen LogP contribution in [0.2, 0.25) is 0 Å². The van der Waals surface area contributed by atoms with Gasteiger partial charge in [-0.25, -0.2) is 4.21 Å². The Hall–Kier alpha value is -1.15. The summed E-state index contributed by atoms with van der Waals surface area (Å²) in [6, 6.07) is 1.59. The molecule has 0 saturated heterocycles. The van der Waals surface area contributed by atoms with E-state index in [1.54, 1.807) is 12.3 Å². The molecule has 128 valence electrons. The van der Waals surface area contributed by atoms with Crippen LogP contribution in [0.25, 0.3) is 0 Å². The smallest absolute Gasteiger partial charge is 0.215 e. The molecule has 23 heavy (non-hydrogen) atoms. The second-order valence-electron chi connectivity index (χ2n) is 6.27. The fourth-order valence-electron chi connectivity index (χ4n) is 2.79. The summed E-state index contributed by atoms with van der Waals surface area (Å²) in [6.45, 7) is 2.89. The number of nitrogens with one attached hydrogen (secondary N) is 1. The third-order valence-corrected chi connectivity index (χ3v) is 5.15. The van der Waals surface area contributed by atoms with Crippen molar-refractivity contribution >= 4 is 32.9 Å². The van der Waals surface area contributed by atoms with Crippen molar-refractivity contribution in [2.45, 2.75) is 39.0 Å². The Kier molecular flexibility index (Phi) is 6.02. The molecule has 3 N–H and O–H groups in total. The Labute approximate surface area is 147 Å². The molecule has 0 radical (unpaired) electrons. The van der Waals surface area contributed by atoms with Gasteiger partial charge in [0.25, 0.3) is 0 Å². The second kappa shape index (κ2) is 7.61. The van der Waals surface area contributed by atoms with Gasteiger partial charge in [0.05, 0.1) is 11.1 Å². The van der Waals surface area contributed by atoms with E-state index in [1.165, 1.54) is 42.9 Å². The summed E-state index contributed by atoms with van der Waals surface area (Å²) >= 11 is 3.44. The van der Waals surface area contributed by atoms with E-state index < -0.39 is 11.0 Å². The lowest BCUT2D eigenvalue weighted by Gasteiger charge is -2.33. The fraction of sp³-hybridized carbons (Fsp3) is 0.600. The van der Waals surface area contributed by atoms with Gasteiger partial charge >= 0.3 is 0 Å². The monoisotopic (exact) mass is 402 g/mol.